The van der Waals surface area contributed by atoms with E-state index in [0.717, 1.165) is 5.56 Å². The van der Waals surface area contributed by atoms with Crippen molar-refractivity contribution in [2.24, 2.45) is 0 Å². The van der Waals surface area contributed by atoms with Crippen LogP contribution in [0.15, 0.2) is 22.6 Å². The van der Waals surface area contributed by atoms with Crippen LogP contribution in [-0.2, 0) is 6.54 Å². The Kier molecular flexibility index (Phi) is 5.13. The molecule has 0 spiro atoms. The van der Waals surface area contributed by atoms with Gasteiger partial charge in [0, 0.05) is 11.1 Å². The van der Waals surface area contributed by atoms with E-state index in [4.69, 9.17) is 19.0 Å². The van der Waals surface area contributed by atoms with Crippen molar-refractivity contribution >= 4 is 11.9 Å². The van der Waals surface area contributed by atoms with Crippen LogP contribution in [0, 0.1) is 13.8 Å². The number of hydrogen-bond acceptors (Lipinski definition) is 5. The van der Waals surface area contributed by atoms with Gasteiger partial charge < -0.3 is 24.3 Å². The molecule has 1 heterocycles. The van der Waals surface area contributed by atoms with E-state index in [2.05, 4.69) is 5.32 Å². The minimum atomic E-state index is -1.07. The molecule has 1 aromatic carbocycles. The number of carboxylic acid groups (broad SMARTS) is 1. The summed E-state index contributed by atoms with van der Waals surface area (Å²) in [5.74, 6) is 0.331. The molecule has 2 rings (SSSR count). The van der Waals surface area contributed by atoms with E-state index in [0.29, 0.717) is 28.6 Å². The smallest absolute Gasteiger partial charge is 0.339 e. The maximum Gasteiger partial charge on any atom is 0.339 e. The van der Waals surface area contributed by atoms with Crippen molar-refractivity contribution in [1.82, 2.24) is 5.32 Å². The normalized spacial score (nSPS) is 10.3. The third-order valence-corrected chi connectivity index (χ3v) is 3.64. The lowest BCUT2D eigenvalue weighted by atomic mass is 10.1. The minimum Gasteiger partial charge on any atom is -0.496 e. The lowest BCUT2D eigenvalue weighted by Crippen LogP contribution is -2.22. The quantitative estimate of drug-likeness (QED) is 0.843. The number of aryl methyl sites for hydroxylation is 1. The number of amides is 1. The Bertz CT molecular complexity index is 752. The Morgan fingerprint density at radius 2 is 1.71 bits per heavy atom. The highest BCUT2D eigenvalue weighted by Crippen LogP contribution is 2.29. The molecular formula is C17H19NO6. The molecule has 0 bridgehead atoms. The van der Waals surface area contributed by atoms with Crippen molar-refractivity contribution < 1.29 is 28.6 Å². The number of hydrogen-bond donors (Lipinski definition) is 2. The van der Waals surface area contributed by atoms with Gasteiger partial charge in [0.25, 0.3) is 5.91 Å². The lowest BCUT2D eigenvalue weighted by Gasteiger charge is -2.12. The highest BCUT2D eigenvalue weighted by atomic mass is 16.5. The van der Waals surface area contributed by atoms with Gasteiger partial charge >= 0.3 is 5.97 Å². The van der Waals surface area contributed by atoms with Gasteiger partial charge in [-0.1, -0.05) is 0 Å². The van der Waals surface area contributed by atoms with Gasteiger partial charge in [-0.3, -0.25) is 4.79 Å². The molecule has 0 unspecified atom stereocenters. The van der Waals surface area contributed by atoms with E-state index < -0.39 is 5.97 Å². The first kappa shape index (κ1) is 17.4. The third kappa shape index (κ3) is 3.51. The van der Waals surface area contributed by atoms with E-state index in [1.165, 1.54) is 20.3 Å². The zero-order valence-corrected chi connectivity index (χ0v) is 13.9. The van der Waals surface area contributed by atoms with Crippen molar-refractivity contribution in [3.8, 4) is 11.5 Å². The van der Waals surface area contributed by atoms with Gasteiger partial charge in [0.2, 0.25) is 0 Å². The molecule has 0 saturated carbocycles. The number of nitrogens with one attached hydrogen (secondary N) is 1. The van der Waals surface area contributed by atoms with Gasteiger partial charge in [0.15, 0.2) is 0 Å². The molecule has 0 radical (unpaired) electrons. The largest absolute Gasteiger partial charge is 0.496 e. The maximum atomic E-state index is 12.3. The van der Waals surface area contributed by atoms with Crippen molar-refractivity contribution in [2.75, 3.05) is 14.2 Å². The second-order valence-electron chi connectivity index (χ2n) is 5.18. The Labute approximate surface area is 139 Å². The van der Waals surface area contributed by atoms with Gasteiger partial charge in [-0.15, -0.1) is 0 Å². The summed E-state index contributed by atoms with van der Waals surface area (Å²) in [4.78, 5) is 23.3. The molecule has 0 aliphatic carbocycles. The van der Waals surface area contributed by atoms with E-state index in [9.17, 15) is 9.59 Å². The van der Waals surface area contributed by atoms with Crippen LogP contribution >= 0.6 is 0 Å². The number of carbonyl (C=O) groups excluding carboxylic acids is 1. The number of carboxylic acids is 1. The Hall–Kier alpha value is -2.96. The molecule has 0 saturated heterocycles. The summed E-state index contributed by atoms with van der Waals surface area (Å²) in [6.07, 6.45) is 0. The molecule has 7 heteroatoms. The summed E-state index contributed by atoms with van der Waals surface area (Å²) in [6.45, 7) is 3.47. The maximum absolute atomic E-state index is 12.3. The summed E-state index contributed by atoms with van der Waals surface area (Å²) >= 11 is 0. The highest BCUT2D eigenvalue weighted by Gasteiger charge is 2.16. The molecule has 1 amide bonds. The molecule has 0 aliphatic heterocycles. The summed E-state index contributed by atoms with van der Waals surface area (Å²) in [5.41, 5.74) is 1.25. The van der Waals surface area contributed by atoms with E-state index in [-0.39, 0.29) is 18.0 Å². The first-order valence-corrected chi connectivity index (χ1v) is 7.20. The molecule has 24 heavy (non-hydrogen) atoms. The summed E-state index contributed by atoms with van der Waals surface area (Å²) < 4.78 is 15.8. The molecule has 0 atom stereocenters. The minimum absolute atomic E-state index is 0.0749. The first-order chi connectivity index (χ1) is 11.4. The third-order valence-electron chi connectivity index (χ3n) is 3.64. The average molecular weight is 333 g/mol. The molecule has 2 N–H and O–H groups in total. The number of aromatic carboxylic acids is 1. The Morgan fingerprint density at radius 3 is 2.17 bits per heavy atom. The van der Waals surface area contributed by atoms with Crippen molar-refractivity contribution in [3.63, 3.8) is 0 Å². The molecular weight excluding hydrogens is 314 g/mol. The number of benzene rings is 1. The fourth-order valence-corrected chi connectivity index (χ4v) is 2.33. The van der Waals surface area contributed by atoms with Crippen LogP contribution in [0.25, 0.3) is 0 Å². The number of rotatable bonds is 6. The van der Waals surface area contributed by atoms with Gasteiger partial charge in [-0.2, -0.15) is 0 Å². The van der Waals surface area contributed by atoms with E-state index in [1.54, 1.807) is 19.1 Å². The molecule has 128 valence electrons. The van der Waals surface area contributed by atoms with Crippen molar-refractivity contribution in [3.05, 3.63) is 46.4 Å². The molecule has 0 fully saturated rings. The monoisotopic (exact) mass is 333 g/mol. The zero-order chi connectivity index (χ0) is 17.9. The molecule has 1 aromatic heterocycles. The number of furan rings is 1. The summed E-state index contributed by atoms with van der Waals surface area (Å²) in [7, 11) is 3.03. The van der Waals surface area contributed by atoms with Gasteiger partial charge in [-0.05, 0) is 32.0 Å². The van der Waals surface area contributed by atoms with Crippen molar-refractivity contribution in [1.29, 1.82) is 0 Å². The lowest BCUT2D eigenvalue weighted by molar-refractivity contribution is 0.0694. The Morgan fingerprint density at radius 1 is 1.12 bits per heavy atom. The number of ether oxygens (including phenoxy) is 2. The topological polar surface area (TPSA) is 98.0 Å². The second kappa shape index (κ2) is 7.08. The molecule has 0 aliphatic rings. The molecule has 7 nitrogen and oxygen atoms in total. The van der Waals surface area contributed by atoms with E-state index >= 15 is 0 Å². The van der Waals surface area contributed by atoms with Crippen LogP contribution in [0.4, 0.5) is 0 Å². The van der Waals surface area contributed by atoms with Crippen LogP contribution in [0.5, 0.6) is 11.5 Å². The first-order valence-electron chi connectivity index (χ1n) is 7.20. The zero-order valence-electron chi connectivity index (χ0n) is 13.9. The second-order valence-corrected chi connectivity index (χ2v) is 5.18. The van der Waals surface area contributed by atoms with Crippen molar-refractivity contribution in [2.45, 2.75) is 20.4 Å². The SMILES string of the molecule is COc1cc(C(=O)NCc2cc(C(=O)O)c(C)o2)cc(OC)c1C. The van der Waals surface area contributed by atoms with Crippen LogP contribution < -0.4 is 14.8 Å². The Balaban J connectivity index is 2.15. The number of carbonyl (C=O) groups is 2. The van der Waals surface area contributed by atoms with Crippen LogP contribution in [0.3, 0.4) is 0 Å². The highest BCUT2D eigenvalue weighted by molar-refractivity contribution is 5.95. The summed E-state index contributed by atoms with van der Waals surface area (Å²) in [6, 6.07) is 4.63. The predicted octanol–water partition coefficient (Wildman–Crippen LogP) is 2.54. The fraction of sp³-hybridized carbons (Fsp3) is 0.294. The van der Waals surface area contributed by atoms with Gasteiger partial charge in [0.1, 0.15) is 28.6 Å². The van der Waals surface area contributed by atoms with Crippen LogP contribution in [-0.4, -0.2) is 31.2 Å². The standard InChI is InChI=1S/C17H19NO6/c1-9-14(22-3)5-11(6-15(9)23-4)16(19)18-8-12-7-13(17(20)21)10(2)24-12/h5-7H,8H2,1-4H3,(H,18,19)(H,20,21). The fourth-order valence-electron chi connectivity index (χ4n) is 2.33. The van der Waals surface area contributed by atoms with E-state index in [1.807, 2.05) is 6.92 Å². The average Bonchev–Trinajstić information content (AvgIpc) is 2.94. The number of methoxy groups -OCH3 is 2. The van der Waals surface area contributed by atoms with Crippen LogP contribution in [0.2, 0.25) is 0 Å². The van der Waals surface area contributed by atoms with Gasteiger partial charge in [0.05, 0.1) is 20.8 Å². The van der Waals surface area contributed by atoms with Gasteiger partial charge in [-0.25, -0.2) is 4.79 Å². The van der Waals surface area contributed by atoms with Crippen LogP contribution in [0.1, 0.15) is 37.8 Å². The molecule has 2 aromatic rings. The predicted molar refractivity (Wildman–Crippen MR) is 85.9 cm³/mol. The summed E-state index contributed by atoms with van der Waals surface area (Å²) in [5, 5.41) is 11.7.